The molecule has 0 spiro atoms. The first-order valence-corrected chi connectivity index (χ1v) is 6.20. The van der Waals surface area contributed by atoms with E-state index in [0.29, 0.717) is 6.61 Å². The van der Waals surface area contributed by atoms with Crippen LogP contribution >= 0.6 is 0 Å². The van der Waals surface area contributed by atoms with Gasteiger partial charge in [0, 0.05) is 5.56 Å². The zero-order valence-electron chi connectivity index (χ0n) is 10.9. The van der Waals surface area contributed by atoms with Crippen molar-refractivity contribution in [2.24, 2.45) is 0 Å². The molecule has 2 aromatic rings. The van der Waals surface area contributed by atoms with Gasteiger partial charge in [0.05, 0.1) is 0 Å². The highest BCUT2D eigenvalue weighted by Gasteiger charge is 2.00. The van der Waals surface area contributed by atoms with E-state index in [4.69, 9.17) is 4.74 Å². The maximum Gasteiger partial charge on any atom is 0.152 e. The van der Waals surface area contributed by atoms with E-state index in [-0.39, 0.29) is 5.78 Å². The van der Waals surface area contributed by atoms with Gasteiger partial charge in [-0.2, -0.15) is 0 Å². The van der Waals surface area contributed by atoms with Crippen LogP contribution in [0.1, 0.15) is 18.1 Å². The predicted octanol–water partition coefficient (Wildman–Crippen LogP) is 3.87. The third-order valence-electron chi connectivity index (χ3n) is 2.65. The Morgan fingerprint density at radius 2 is 1.74 bits per heavy atom. The van der Waals surface area contributed by atoms with Crippen LogP contribution in [0.5, 0.6) is 5.75 Å². The summed E-state index contributed by atoms with van der Waals surface area (Å²) in [6, 6.07) is 17.7. The lowest BCUT2D eigenvalue weighted by Crippen LogP contribution is -1.96. The third kappa shape index (κ3) is 4.11. The average Bonchev–Trinajstić information content (AvgIpc) is 2.45. The summed E-state index contributed by atoms with van der Waals surface area (Å²) in [4.78, 5) is 11.0. The van der Waals surface area contributed by atoms with Crippen molar-refractivity contribution in [1.82, 2.24) is 0 Å². The Hall–Kier alpha value is -2.35. The molecule has 0 saturated carbocycles. The van der Waals surface area contributed by atoms with E-state index in [0.717, 1.165) is 16.9 Å². The van der Waals surface area contributed by atoms with E-state index in [1.807, 2.05) is 54.6 Å². The second-order valence-electron chi connectivity index (χ2n) is 4.26. The fourth-order valence-corrected chi connectivity index (χ4v) is 1.69. The summed E-state index contributed by atoms with van der Waals surface area (Å²) in [6.07, 6.45) is 3.33. The Bertz CT molecular complexity index is 571. The van der Waals surface area contributed by atoms with Crippen LogP contribution in [0.15, 0.2) is 60.7 Å². The minimum Gasteiger partial charge on any atom is -0.488 e. The van der Waals surface area contributed by atoms with Crippen molar-refractivity contribution in [3.05, 3.63) is 71.8 Å². The van der Waals surface area contributed by atoms with E-state index in [1.165, 1.54) is 6.92 Å². The second kappa shape index (κ2) is 6.55. The summed E-state index contributed by atoms with van der Waals surface area (Å²) in [5, 5.41) is 0. The number of hydrogen-bond donors (Lipinski definition) is 0. The number of ketones is 1. The van der Waals surface area contributed by atoms with Gasteiger partial charge in [-0.25, -0.2) is 0 Å². The van der Waals surface area contributed by atoms with Crippen molar-refractivity contribution in [1.29, 1.82) is 0 Å². The molecule has 0 heterocycles. The first kappa shape index (κ1) is 13.1. The maximum absolute atomic E-state index is 11.0. The molecule has 0 aliphatic heterocycles. The van der Waals surface area contributed by atoms with E-state index < -0.39 is 0 Å². The molecule has 0 fully saturated rings. The van der Waals surface area contributed by atoms with Gasteiger partial charge in [-0.05, 0) is 30.7 Å². The number of rotatable bonds is 5. The Balaban J connectivity index is 2.10. The number of carbonyl (C=O) groups excluding carboxylic acids is 1. The maximum atomic E-state index is 11.0. The van der Waals surface area contributed by atoms with Crippen LogP contribution in [0, 0.1) is 0 Å². The highest BCUT2D eigenvalue weighted by atomic mass is 16.5. The zero-order chi connectivity index (χ0) is 13.5. The monoisotopic (exact) mass is 252 g/mol. The smallest absolute Gasteiger partial charge is 0.152 e. The first-order valence-electron chi connectivity index (χ1n) is 6.20. The predicted molar refractivity (Wildman–Crippen MR) is 76.9 cm³/mol. The zero-order valence-corrected chi connectivity index (χ0v) is 10.9. The van der Waals surface area contributed by atoms with Crippen LogP contribution in [-0.4, -0.2) is 5.78 Å². The van der Waals surface area contributed by atoms with Crippen molar-refractivity contribution in [3.63, 3.8) is 0 Å². The summed E-state index contributed by atoms with van der Waals surface area (Å²) >= 11 is 0. The SMILES string of the molecule is CC(=O)C=Cc1ccccc1OCc1ccccc1. The lowest BCUT2D eigenvalue weighted by atomic mass is 10.1. The third-order valence-corrected chi connectivity index (χ3v) is 2.65. The van der Waals surface area contributed by atoms with Gasteiger partial charge in [0.25, 0.3) is 0 Å². The highest BCUT2D eigenvalue weighted by molar-refractivity contribution is 5.91. The van der Waals surface area contributed by atoms with Gasteiger partial charge in [0.1, 0.15) is 12.4 Å². The molecule has 0 N–H and O–H groups in total. The highest BCUT2D eigenvalue weighted by Crippen LogP contribution is 2.20. The van der Waals surface area contributed by atoms with Gasteiger partial charge in [-0.15, -0.1) is 0 Å². The molecule has 2 heteroatoms. The first-order chi connectivity index (χ1) is 9.25. The van der Waals surface area contributed by atoms with Gasteiger partial charge in [-0.1, -0.05) is 48.5 Å². The molecule has 0 bridgehead atoms. The van der Waals surface area contributed by atoms with Crippen molar-refractivity contribution in [2.45, 2.75) is 13.5 Å². The molecular weight excluding hydrogens is 236 g/mol. The molecule has 0 unspecified atom stereocenters. The Labute approximate surface area is 113 Å². The van der Waals surface area contributed by atoms with Crippen molar-refractivity contribution < 1.29 is 9.53 Å². The molecule has 96 valence electrons. The minimum atomic E-state index is 0.0258. The van der Waals surface area contributed by atoms with Crippen molar-refractivity contribution in [3.8, 4) is 5.75 Å². The summed E-state index contributed by atoms with van der Waals surface area (Å²) < 4.78 is 5.79. The Morgan fingerprint density at radius 1 is 1.05 bits per heavy atom. The number of benzene rings is 2. The van der Waals surface area contributed by atoms with Crippen LogP contribution in [0.4, 0.5) is 0 Å². The number of allylic oxidation sites excluding steroid dienone is 1. The summed E-state index contributed by atoms with van der Waals surface area (Å²) in [5.41, 5.74) is 2.03. The second-order valence-corrected chi connectivity index (χ2v) is 4.26. The van der Waals surface area contributed by atoms with E-state index in [1.54, 1.807) is 12.2 Å². The van der Waals surface area contributed by atoms with Crippen LogP contribution in [0.2, 0.25) is 0 Å². The standard InChI is InChI=1S/C17H16O2/c1-14(18)11-12-16-9-5-6-10-17(16)19-13-15-7-3-2-4-8-15/h2-12H,13H2,1H3. The molecule has 0 atom stereocenters. The van der Waals surface area contributed by atoms with Crippen LogP contribution in [0.3, 0.4) is 0 Å². The van der Waals surface area contributed by atoms with Gasteiger partial charge in [-0.3, -0.25) is 4.79 Å². The van der Waals surface area contributed by atoms with Crippen LogP contribution in [0.25, 0.3) is 6.08 Å². The molecule has 2 nitrogen and oxygen atoms in total. The average molecular weight is 252 g/mol. The van der Waals surface area contributed by atoms with Crippen molar-refractivity contribution in [2.75, 3.05) is 0 Å². The fourth-order valence-electron chi connectivity index (χ4n) is 1.69. The number of carbonyl (C=O) groups is 1. The van der Waals surface area contributed by atoms with E-state index in [2.05, 4.69) is 0 Å². The molecule has 0 aromatic heterocycles. The molecule has 2 rings (SSSR count). The Kier molecular flexibility index (Phi) is 4.51. The molecular formula is C17H16O2. The van der Waals surface area contributed by atoms with Crippen LogP contribution in [-0.2, 0) is 11.4 Å². The summed E-state index contributed by atoms with van der Waals surface area (Å²) in [5.74, 6) is 0.807. The summed E-state index contributed by atoms with van der Waals surface area (Å²) in [6.45, 7) is 2.05. The topological polar surface area (TPSA) is 26.3 Å². The largest absolute Gasteiger partial charge is 0.488 e. The lowest BCUT2D eigenvalue weighted by molar-refractivity contribution is -0.112. The molecule has 0 radical (unpaired) electrons. The normalized spacial score (nSPS) is 10.6. The molecule has 19 heavy (non-hydrogen) atoms. The Morgan fingerprint density at radius 3 is 2.47 bits per heavy atom. The van der Waals surface area contributed by atoms with Gasteiger partial charge < -0.3 is 4.74 Å². The molecule has 0 aliphatic carbocycles. The van der Waals surface area contributed by atoms with E-state index in [9.17, 15) is 4.79 Å². The molecule has 0 aliphatic rings. The van der Waals surface area contributed by atoms with Crippen LogP contribution < -0.4 is 4.74 Å². The van der Waals surface area contributed by atoms with Gasteiger partial charge in [0.2, 0.25) is 0 Å². The number of para-hydroxylation sites is 1. The number of hydrogen-bond acceptors (Lipinski definition) is 2. The fraction of sp³-hybridized carbons (Fsp3) is 0.118. The molecule has 0 amide bonds. The van der Waals surface area contributed by atoms with Gasteiger partial charge in [0.15, 0.2) is 5.78 Å². The molecule has 2 aromatic carbocycles. The van der Waals surface area contributed by atoms with Crippen molar-refractivity contribution >= 4 is 11.9 Å². The van der Waals surface area contributed by atoms with Gasteiger partial charge >= 0.3 is 0 Å². The lowest BCUT2D eigenvalue weighted by Gasteiger charge is -2.09. The quantitative estimate of drug-likeness (QED) is 0.755. The summed E-state index contributed by atoms with van der Waals surface area (Å²) in [7, 11) is 0. The minimum absolute atomic E-state index is 0.0258. The molecule has 0 saturated heterocycles. The number of ether oxygens (including phenoxy) is 1. The van der Waals surface area contributed by atoms with E-state index >= 15 is 0 Å².